The number of carboxylic acid groups (broad SMARTS) is 1. The Morgan fingerprint density at radius 1 is 1.33 bits per heavy atom. The first-order valence-corrected chi connectivity index (χ1v) is 6.98. The second-order valence-electron chi connectivity index (χ2n) is 5.76. The van der Waals surface area contributed by atoms with Crippen molar-refractivity contribution in [3.05, 3.63) is 0 Å². The molecular formula is C13H27N3O5. The van der Waals surface area contributed by atoms with Gasteiger partial charge in [0.15, 0.2) is 0 Å². The number of nitrogens with two attached hydrogens (primary N) is 1. The van der Waals surface area contributed by atoms with Crippen LogP contribution in [0.25, 0.3) is 0 Å². The van der Waals surface area contributed by atoms with Crippen LogP contribution in [0.3, 0.4) is 0 Å². The minimum Gasteiger partial charge on any atom is -0.465 e. The fourth-order valence-corrected chi connectivity index (χ4v) is 1.55. The molecule has 0 saturated heterocycles. The van der Waals surface area contributed by atoms with E-state index in [2.05, 4.69) is 5.32 Å². The Morgan fingerprint density at radius 3 is 2.43 bits per heavy atom. The highest BCUT2D eigenvalue weighted by Gasteiger charge is 2.19. The highest BCUT2D eigenvalue weighted by molar-refractivity contribution is 5.67. The van der Waals surface area contributed by atoms with Crippen molar-refractivity contribution in [3.8, 4) is 0 Å². The van der Waals surface area contributed by atoms with Gasteiger partial charge in [-0.3, -0.25) is 0 Å². The predicted octanol–water partition coefficient (Wildman–Crippen LogP) is 0.591. The van der Waals surface area contributed by atoms with Gasteiger partial charge in [-0.25, -0.2) is 9.59 Å². The number of unbranched alkanes of at least 4 members (excludes halogenated alkanes) is 1. The van der Waals surface area contributed by atoms with Crippen LogP contribution in [-0.2, 0) is 4.74 Å². The molecular weight excluding hydrogens is 278 g/mol. The van der Waals surface area contributed by atoms with Crippen molar-refractivity contribution >= 4 is 12.2 Å². The number of nitrogens with one attached hydrogen (secondary N) is 1. The lowest BCUT2D eigenvalue weighted by Crippen LogP contribution is -2.43. The van der Waals surface area contributed by atoms with Crippen LogP contribution in [-0.4, -0.2) is 65.2 Å². The van der Waals surface area contributed by atoms with E-state index in [0.29, 0.717) is 19.5 Å². The Hall–Kier alpha value is -1.54. The minimum atomic E-state index is -1.11. The molecule has 0 aliphatic rings. The lowest BCUT2D eigenvalue weighted by atomic mass is 10.2. The van der Waals surface area contributed by atoms with Gasteiger partial charge in [0, 0.05) is 13.1 Å². The second kappa shape index (κ2) is 9.41. The third-order valence-electron chi connectivity index (χ3n) is 2.46. The maximum atomic E-state index is 11.4. The summed E-state index contributed by atoms with van der Waals surface area (Å²) in [5.74, 6) is 0. The topological polar surface area (TPSA) is 125 Å². The summed E-state index contributed by atoms with van der Waals surface area (Å²) in [7, 11) is 0. The fraction of sp³-hybridized carbons (Fsp3) is 0.846. The highest BCUT2D eigenvalue weighted by Crippen LogP contribution is 2.06. The van der Waals surface area contributed by atoms with Gasteiger partial charge in [0.25, 0.3) is 0 Å². The molecule has 5 N–H and O–H groups in total. The zero-order valence-electron chi connectivity index (χ0n) is 13.0. The molecule has 0 aromatic heterocycles. The van der Waals surface area contributed by atoms with Gasteiger partial charge in [-0.15, -0.1) is 0 Å². The van der Waals surface area contributed by atoms with Crippen LogP contribution in [0.4, 0.5) is 9.59 Å². The zero-order chi connectivity index (χ0) is 16.5. The molecule has 124 valence electrons. The summed E-state index contributed by atoms with van der Waals surface area (Å²) in [4.78, 5) is 23.5. The zero-order valence-corrected chi connectivity index (χ0v) is 13.0. The number of hydrogen-bond acceptors (Lipinski definition) is 5. The number of carbonyl (C=O) groups is 2. The van der Waals surface area contributed by atoms with Gasteiger partial charge in [-0.05, 0) is 40.2 Å². The molecule has 8 nitrogen and oxygen atoms in total. The van der Waals surface area contributed by atoms with Gasteiger partial charge in [0.2, 0.25) is 0 Å². The van der Waals surface area contributed by atoms with E-state index in [9.17, 15) is 14.7 Å². The van der Waals surface area contributed by atoms with Gasteiger partial charge in [0.1, 0.15) is 5.60 Å². The SMILES string of the molecule is CC(C)(C)OC(=O)NCC(O)CN(CCCCN)C(=O)O. The van der Waals surface area contributed by atoms with E-state index in [-0.39, 0.29) is 13.1 Å². The van der Waals surface area contributed by atoms with Gasteiger partial charge < -0.3 is 30.9 Å². The number of aliphatic hydroxyl groups is 1. The monoisotopic (exact) mass is 305 g/mol. The molecule has 0 fully saturated rings. The molecule has 0 saturated carbocycles. The number of hydrogen-bond donors (Lipinski definition) is 4. The average Bonchev–Trinajstić information content (AvgIpc) is 2.33. The maximum absolute atomic E-state index is 11.4. The third kappa shape index (κ3) is 10.9. The number of carbonyl (C=O) groups excluding carboxylic acids is 1. The summed E-state index contributed by atoms with van der Waals surface area (Å²) in [5.41, 5.74) is 4.73. The van der Waals surface area contributed by atoms with Gasteiger partial charge >= 0.3 is 12.2 Å². The summed E-state index contributed by atoms with van der Waals surface area (Å²) < 4.78 is 5.02. The minimum absolute atomic E-state index is 0.0737. The van der Waals surface area contributed by atoms with Crippen LogP contribution in [0.5, 0.6) is 0 Å². The van der Waals surface area contributed by atoms with E-state index in [1.54, 1.807) is 20.8 Å². The Kier molecular flexibility index (Phi) is 8.72. The average molecular weight is 305 g/mol. The Bertz CT molecular complexity index is 330. The smallest absolute Gasteiger partial charge is 0.407 e. The van der Waals surface area contributed by atoms with Crippen molar-refractivity contribution in [1.82, 2.24) is 10.2 Å². The van der Waals surface area contributed by atoms with E-state index in [0.717, 1.165) is 11.3 Å². The summed E-state index contributed by atoms with van der Waals surface area (Å²) in [6.07, 6.45) is -1.40. The Morgan fingerprint density at radius 2 is 1.95 bits per heavy atom. The van der Waals surface area contributed by atoms with Crippen LogP contribution in [0.2, 0.25) is 0 Å². The standard InChI is InChI=1S/C13H27N3O5/c1-13(2,3)21-11(18)15-8-10(17)9-16(12(19)20)7-5-4-6-14/h10,17H,4-9,14H2,1-3H3,(H,15,18)(H,19,20). The van der Waals surface area contributed by atoms with Crippen molar-refractivity contribution < 1.29 is 24.5 Å². The first kappa shape index (κ1) is 19.5. The molecule has 8 heteroatoms. The Balaban J connectivity index is 4.11. The lowest BCUT2D eigenvalue weighted by molar-refractivity contribution is 0.0470. The molecule has 0 aromatic rings. The molecule has 0 bridgehead atoms. The van der Waals surface area contributed by atoms with Crippen LogP contribution in [0.1, 0.15) is 33.6 Å². The molecule has 2 amide bonds. The van der Waals surface area contributed by atoms with E-state index >= 15 is 0 Å². The largest absolute Gasteiger partial charge is 0.465 e. The molecule has 0 radical (unpaired) electrons. The van der Waals surface area contributed by atoms with E-state index in [4.69, 9.17) is 15.6 Å². The van der Waals surface area contributed by atoms with Crippen molar-refractivity contribution in [2.45, 2.75) is 45.3 Å². The fourth-order valence-electron chi connectivity index (χ4n) is 1.55. The van der Waals surface area contributed by atoms with Gasteiger partial charge in [0.05, 0.1) is 12.6 Å². The number of rotatable bonds is 8. The highest BCUT2D eigenvalue weighted by atomic mass is 16.6. The molecule has 21 heavy (non-hydrogen) atoms. The van der Waals surface area contributed by atoms with Crippen LogP contribution >= 0.6 is 0 Å². The predicted molar refractivity (Wildman–Crippen MR) is 78.1 cm³/mol. The summed E-state index contributed by atoms with van der Waals surface area (Å²) in [6, 6.07) is 0. The second-order valence-corrected chi connectivity index (χ2v) is 5.76. The summed E-state index contributed by atoms with van der Waals surface area (Å²) in [6.45, 7) is 5.84. The molecule has 0 spiro atoms. The number of alkyl carbamates (subject to hydrolysis) is 1. The summed E-state index contributed by atoms with van der Waals surface area (Å²) in [5, 5.41) is 21.2. The Labute approximate surface area is 125 Å². The van der Waals surface area contributed by atoms with Crippen molar-refractivity contribution in [1.29, 1.82) is 0 Å². The van der Waals surface area contributed by atoms with E-state index < -0.39 is 23.9 Å². The van der Waals surface area contributed by atoms with Crippen LogP contribution in [0.15, 0.2) is 0 Å². The van der Waals surface area contributed by atoms with Crippen molar-refractivity contribution in [2.24, 2.45) is 5.73 Å². The van der Waals surface area contributed by atoms with Gasteiger partial charge in [-0.1, -0.05) is 0 Å². The molecule has 0 rings (SSSR count). The number of aliphatic hydroxyl groups excluding tert-OH is 1. The van der Waals surface area contributed by atoms with Crippen LogP contribution < -0.4 is 11.1 Å². The number of amides is 2. The quantitative estimate of drug-likeness (QED) is 0.486. The summed E-state index contributed by atoms with van der Waals surface area (Å²) >= 11 is 0. The molecule has 1 unspecified atom stereocenters. The molecule has 0 heterocycles. The van der Waals surface area contributed by atoms with Crippen molar-refractivity contribution in [2.75, 3.05) is 26.2 Å². The molecule has 0 aliphatic heterocycles. The first-order valence-electron chi connectivity index (χ1n) is 6.98. The van der Waals surface area contributed by atoms with Crippen LogP contribution in [0, 0.1) is 0 Å². The maximum Gasteiger partial charge on any atom is 0.407 e. The first-order chi connectivity index (χ1) is 9.65. The molecule has 0 aliphatic carbocycles. The van der Waals surface area contributed by atoms with E-state index in [1.807, 2.05) is 0 Å². The third-order valence-corrected chi connectivity index (χ3v) is 2.46. The number of nitrogens with zero attached hydrogens (tertiary/aromatic N) is 1. The molecule has 0 aromatic carbocycles. The number of ether oxygens (including phenoxy) is 1. The molecule has 1 atom stereocenters. The van der Waals surface area contributed by atoms with Gasteiger partial charge in [-0.2, -0.15) is 0 Å². The normalized spacial score (nSPS) is 12.6. The lowest BCUT2D eigenvalue weighted by Gasteiger charge is -2.23. The van der Waals surface area contributed by atoms with Crippen molar-refractivity contribution in [3.63, 3.8) is 0 Å². The van der Waals surface area contributed by atoms with E-state index in [1.165, 1.54) is 0 Å².